The van der Waals surface area contributed by atoms with Crippen molar-refractivity contribution in [2.75, 3.05) is 14.7 Å². The van der Waals surface area contributed by atoms with Gasteiger partial charge in [-0.3, -0.25) is 0 Å². The van der Waals surface area contributed by atoms with Crippen molar-refractivity contribution in [2.24, 2.45) is 0 Å². The first-order valence-electron chi connectivity index (χ1n) is 18.7. The SMILES string of the molecule is c1ccc(N(c2ccccc2)c2ccc3c(c2)N2c4ccccc4B4c5ccccc5Oc5cc6c(c2c54)B3c2ccccc2N6c2ccccc2)cc1. The monoisotopic (exact) mass is 687 g/mol. The van der Waals surface area contributed by atoms with Crippen molar-refractivity contribution in [1.29, 1.82) is 0 Å². The standard InChI is InChI=1S/C48H31B2N3O/c1-4-16-32(17-5-1)51(33-18-6-2-7-19-33)35-28-29-38-42(30-35)53-41-26-14-11-23-37(41)50-39-24-12-15-27-44(39)54-45-31-43-46(48(53)47(45)50)49(38)36-22-10-13-25-40(36)52(43)34-20-8-3-9-21-34/h1-31H. The van der Waals surface area contributed by atoms with Crippen molar-refractivity contribution in [1.82, 2.24) is 0 Å². The fourth-order valence-electron chi connectivity index (χ4n) is 9.56. The Morgan fingerprint density at radius 1 is 0.370 bits per heavy atom. The normalized spacial score (nSPS) is 13.6. The molecule has 250 valence electrons. The lowest BCUT2D eigenvalue weighted by atomic mass is 9.29. The summed E-state index contributed by atoms with van der Waals surface area (Å²) in [4.78, 5) is 7.37. The second-order valence-corrected chi connectivity index (χ2v) is 14.4. The molecule has 12 rings (SSSR count). The molecule has 0 aromatic heterocycles. The maximum Gasteiger partial charge on any atom is 0.256 e. The lowest BCUT2D eigenvalue weighted by Gasteiger charge is -2.49. The van der Waals surface area contributed by atoms with Crippen LogP contribution in [0.1, 0.15) is 0 Å². The van der Waals surface area contributed by atoms with Crippen LogP contribution in [0.4, 0.5) is 51.2 Å². The molecule has 0 aliphatic carbocycles. The van der Waals surface area contributed by atoms with E-state index in [-0.39, 0.29) is 13.4 Å². The zero-order valence-electron chi connectivity index (χ0n) is 29.3. The minimum Gasteiger partial charge on any atom is -0.458 e. The van der Waals surface area contributed by atoms with Gasteiger partial charge in [0.05, 0.1) is 0 Å². The third kappa shape index (κ3) is 4.05. The van der Waals surface area contributed by atoms with Crippen molar-refractivity contribution >= 4 is 97.4 Å². The van der Waals surface area contributed by atoms with E-state index in [1.165, 1.54) is 55.5 Å². The molecule has 0 atom stereocenters. The van der Waals surface area contributed by atoms with Gasteiger partial charge in [-0.05, 0) is 99.5 Å². The predicted molar refractivity (Wildman–Crippen MR) is 226 cm³/mol. The Kier molecular flexibility index (Phi) is 6.20. The second kappa shape index (κ2) is 11.3. The maximum atomic E-state index is 6.99. The highest BCUT2D eigenvalue weighted by molar-refractivity contribution is 7.04. The molecular formula is C48H31B2N3O. The molecule has 8 aromatic carbocycles. The third-order valence-electron chi connectivity index (χ3n) is 11.7. The summed E-state index contributed by atoms with van der Waals surface area (Å²) in [7, 11) is 0. The Labute approximate surface area is 315 Å². The fourth-order valence-corrected chi connectivity index (χ4v) is 9.56. The Balaban J connectivity index is 1.20. The molecular weight excluding hydrogens is 656 g/mol. The second-order valence-electron chi connectivity index (χ2n) is 14.4. The molecule has 4 aliphatic heterocycles. The zero-order chi connectivity index (χ0) is 35.3. The molecule has 6 heteroatoms. The zero-order valence-corrected chi connectivity index (χ0v) is 29.3. The average Bonchev–Trinajstić information content (AvgIpc) is 3.24. The van der Waals surface area contributed by atoms with E-state index >= 15 is 0 Å². The molecule has 0 amide bonds. The van der Waals surface area contributed by atoms with E-state index in [0.717, 1.165) is 39.9 Å². The minimum atomic E-state index is 0.0155. The van der Waals surface area contributed by atoms with Gasteiger partial charge in [0.25, 0.3) is 13.4 Å². The van der Waals surface area contributed by atoms with Crippen molar-refractivity contribution in [2.45, 2.75) is 0 Å². The van der Waals surface area contributed by atoms with Gasteiger partial charge in [0, 0.05) is 57.3 Å². The Morgan fingerprint density at radius 2 is 0.907 bits per heavy atom. The summed E-state index contributed by atoms with van der Waals surface area (Å²) in [5, 5.41) is 0. The van der Waals surface area contributed by atoms with Crippen LogP contribution in [0.5, 0.6) is 11.5 Å². The summed E-state index contributed by atoms with van der Waals surface area (Å²) in [5.74, 6) is 1.84. The first kappa shape index (κ1) is 29.6. The van der Waals surface area contributed by atoms with Crippen LogP contribution in [0, 0.1) is 0 Å². The number of benzene rings is 8. The molecule has 0 fully saturated rings. The fraction of sp³-hybridized carbons (Fsp3) is 0. The van der Waals surface area contributed by atoms with E-state index in [2.05, 4.69) is 203 Å². The predicted octanol–water partition coefficient (Wildman–Crippen LogP) is 8.17. The van der Waals surface area contributed by atoms with Gasteiger partial charge in [0.15, 0.2) is 0 Å². The summed E-state index contributed by atoms with van der Waals surface area (Å²) in [6, 6.07) is 68.2. The van der Waals surface area contributed by atoms with Crippen LogP contribution in [0.25, 0.3) is 0 Å². The largest absolute Gasteiger partial charge is 0.458 e. The van der Waals surface area contributed by atoms with Crippen LogP contribution in [0.15, 0.2) is 188 Å². The van der Waals surface area contributed by atoms with Gasteiger partial charge in [-0.2, -0.15) is 0 Å². The molecule has 4 nitrogen and oxygen atoms in total. The molecule has 8 aromatic rings. The lowest BCUT2D eigenvalue weighted by molar-refractivity contribution is 0.488. The minimum absolute atomic E-state index is 0.0155. The van der Waals surface area contributed by atoms with Gasteiger partial charge in [-0.25, -0.2) is 0 Å². The van der Waals surface area contributed by atoms with Crippen LogP contribution in [0.3, 0.4) is 0 Å². The summed E-state index contributed by atoms with van der Waals surface area (Å²) >= 11 is 0. The highest BCUT2D eigenvalue weighted by Gasteiger charge is 2.51. The topological polar surface area (TPSA) is 19.0 Å². The van der Waals surface area contributed by atoms with Crippen molar-refractivity contribution in [3.8, 4) is 11.5 Å². The van der Waals surface area contributed by atoms with Gasteiger partial charge in [0.1, 0.15) is 11.5 Å². The van der Waals surface area contributed by atoms with Gasteiger partial charge in [0.2, 0.25) is 0 Å². The van der Waals surface area contributed by atoms with Gasteiger partial charge >= 0.3 is 0 Å². The third-order valence-corrected chi connectivity index (χ3v) is 11.7. The summed E-state index contributed by atoms with van der Waals surface area (Å²) in [6.45, 7) is 0.0531. The number of anilines is 9. The van der Waals surface area contributed by atoms with E-state index in [1.807, 2.05) is 0 Å². The number of hydrogen-bond donors (Lipinski definition) is 0. The number of ether oxygens (including phenoxy) is 1. The van der Waals surface area contributed by atoms with Crippen molar-refractivity contribution < 1.29 is 4.74 Å². The number of nitrogens with zero attached hydrogens (tertiary/aromatic N) is 3. The molecule has 0 radical (unpaired) electrons. The lowest BCUT2D eigenvalue weighted by Crippen LogP contribution is -2.67. The van der Waals surface area contributed by atoms with Crippen LogP contribution in [-0.2, 0) is 0 Å². The average molecular weight is 687 g/mol. The number of rotatable bonds is 4. The van der Waals surface area contributed by atoms with Gasteiger partial charge < -0.3 is 19.4 Å². The van der Waals surface area contributed by atoms with Crippen molar-refractivity contribution in [3.63, 3.8) is 0 Å². The molecule has 4 heterocycles. The first-order valence-corrected chi connectivity index (χ1v) is 18.7. The number of para-hydroxylation sites is 6. The molecule has 0 unspecified atom stereocenters. The Bertz CT molecular complexity index is 2750. The number of hydrogen-bond acceptors (Lipinski definition) is 4. The number of fused-ring (bicyclic) bond motifs is 10. The van der Waals surface area contributed by atoms with E-state index in [0.29, 0.717) is 0 Å². The van der Waals surface area contributed by atoms with Gasteiger partial charge in [-0.1, -0.05) is 115 Å². The Hall–Kier alpha value is -6.91. The van der Waals surface area contributed by atoms with E-state index in [4.69, 9.17) is 4.74 Å². The summed E-state index contributed by atoms with van der Waals surface area (Å²) in [6.07, 6.45) is 0. The van der Waals surface area contributed by atoms with E-state index in [9.17, 15) is 0 Å². The highest BCUT2D eigenvalue weighted by Crippen LogP contribution is 2.49. The van der Waals surface area contributed by atoms with E-state index < -0.39 is 0 Å². The maximum absolute atomic E-state index is 6.99. The van der Waals surface area contributed by atoms with E-state index in [1.54, 1.807) is 0 Å². The summed E-state index contributed by atoms with van der Waals surface area (Å²) < 4.78 is 6.99. The van der Waals surface area contributed by atoms with Gasteiger partial charge in [-0.15, -0.1) is 0 Å². The van der Waals surface area contributed by atoms with Crippen LogP contribution < -0.4 is 52.2 Å². The molecule has 0 spiro atoms. The first-order chi connectivity index (χ1) is 26.8. The molecule has 0 saturated carbocycles. The Morgan fingerprint density at radius 3 is 1.59 bits per heavy atom. The molecule has 0 bridgehead atoms. The quantitative estimate of drug-likeness (QED) is 0.174. The molecule has 0 N–H and O–H groups in total. The molecule has 54 heavy (non-hydrogen) atoms. The van der Waals surface area contributed by atoms with Crippen molar-refractivity contribution in [3.05, 3.63) is 188 Å². The highest BCUT2D eigenvalue weighted by atomic mass is 16.5. The summed E-state index contributed by atoms with van der Waals surface area (Å²) in [5.41, 5.74) is 18.1. The van der Waals surface area contributed by atoms with Crippen LogP contribution in [0.2, 0.25) is 0 Å². The van der Waals surface area contributed by atoms with Crippen LogP contribution in [-0.4, -0.2) is 13.4 Å². The molecule has 4 aliphatic rings. The molecule has 0 saturated heterocycles. The smallest absolute Gasteiger partial charge is 0.256 e. The van der Waals surface area contributed by atoms with Crippen LogP contribution >= 0.6 is 0 Å².